The van der Waals surface area contributed by atoms with Crippen LogP contribution in [0.25, 0.3) is 11.0 Å². The lowest BCUT2D eigenvalue weighted by molar-refractivity contribution is -0.138. The topological polar surface area (TPSA) is 85.6 Å². The number of rotatable bonds is 7. The molecule has 2 aliphatic rings. The Morgan fingerprint density at radius 3 is 2.51 bits per heavy atom. The summed E-state index contributed by atoms with van der Waals surface area (Å²) < 4.78 is 11.7. The molecule has 0 saturated carbocycles. The van der Waals surface area contributed by atoms with Gasteiger partial charge in [0.1, 0.15) is 5.58 Å². The van der Waals surface area contributed by atoms with Gasteiger partial charge in [0.05, 0.1) is 12.2 Å². The van der Waals surface area contributed by atoms with Crippen LogP contribution in [0.15, 0.2) is 69.4 Å². The molecule has 2 atom stereocenters. The predicted octanol–water partition coefficient (Wildman–Crippen LogP) is 7.02. The van der Waals surface area contributed by atoms with E-state index in [0.29, 0.717) is 34.4 Å². The monoisotopic (exact) mass is 525 g/mol. The summed E-state index contributed by atoms with van der Waals surface area (Å²) in [7, 11) is 0. The molecule has 39 heavy (non-hydrogen) atoms. The molecule has 0 radical (unpaired) electrons. The quantitative estimate of drug-likeness (QED) is 0.264. The molecule has 3 aromatic rings. The third-order valence-electron chi connectivity index (χ3n) is 7.95. The first kappa shape index (κ1) is 26.7. The van der Waals surface area contributed by atoms with Crippen LogP contribution in [0.1, 0.15) is 98.0 Å². The van der Waals surface area contributed by atoms with Crippen molar-refractivity contribution in [2.45, 2.75) is 72.1 Å². The van der Waals surface area contributed by atoms with Gasteiger partial charge in [-0.15, -0.1) is 0 Å². The molecule has 0 amide bonds. The van der Waals surface area contributed by atoms with Gasteiger partial charge in [-0.3, -0.25) is 9.59 Å². The normalized spacial score (nSPS) is 18.2. The average Bonchev–Trinajstić information content (AvgIpc) is 3.36. The summed E-state index contributed by atoms with van der Waals surface area (Å²) in [6, 6.07) is 13.2. The highest BCUT2D eigenvalue weighted by atomic mass is 16.5. The molecule has 1 N–H and O–H groups in total. The molecule has 0 fully saturated rings. The van der Waals surface area contributed by atoms with E-state index in [1.165, 1.54) is 0 Å². The summed E-state index contributed by atoms with van der Waals surface area (Å²) in [5.41, 5.74) is 6.79. The first-order valence-electron chi connectivity index (χ1n) is 13.8. The SMILES string of the molecule is CCOC(=O)C1=C(C)NC2=C(C(=O)CCC2)C1c1cc(C(C)CC)c2oc(C(=O)c3ccc(C)cc3)cc2c1. The van der Waals surface area contributed by atoms with Gasteiger partial charge in [0.15, 0.2) is 11.5 Å². The first-order chi connectivity index (χ1) is 18.7. The lowest BCUT2D eigenvalue weighted by Gasteiger charge is -2.34. The fraction of sp³-hybridized carbons (Fsp3) is 0.364. The average molecular weight is 526 g/mol. The zero-order valence-corrected chi connectivity index (χ0v) is 23.3. The summed E-state index contributed by atoms with van der Waals surface area (Å²) >= 11 is 0. The highest BCUT2D eigenvalue weighted by Gasteiger charge is 2.39. The van der Waals surface area contributed by atoms with Crippen LogP contribution in [0.3, 0.4) is 0 Å². The third kappa shape index (κ3) is 4.84. The summed E-state index contributed by atoms with van der Waals surface area (Å²) in [6.07, 6.45) is 2.85. The van der Waals surface area contributed by atoms with Gasteiger partial charge >= 0.3 is 5.97 Å². The molecular weight excluding hydrogens is 490 g/mol. The second-order valence-corrected chi connectivity index (χ2v) is 10.6. The molecule has 202 valence electrons. The van der Waals surface area contributed by atoms with E-state index in [1.807, 2.05) is 44.2 Å². The van der Waals surface area contributed by atoms with Crippen molar-refractivity contribution in [3.8, 4) is 0 Å². The van der Waals surface area contributed by atoms with E-state index in [1.54, 1.807) is 13.0 Å². The molecule has 1 aromatic heterocycles. The number of ketones is 2. The summed E-state index contributed by atoms with van der Waals surface area (Å²) in [6.45, 7) is 10.1. The Labute approximate surface area is 229 Å². The second-order valence-electron chi connectivity index (χ2n) is 10.6. The van der Waals surface area contributed by atoms with Crippen molar-refractivity contribution >= 4 is 28.5 Å². The minimum Gasteiger partial charge on any atom is -0.463 e. The Hall–Kier alpha value is -3.93. The number of hydrogen-bond acceptors (Lipinski definition) is 6. The number of carbonyl (C=O) groups excluding carboxylic acids is 3. The van der Waals surface area contributed by atoms with Gasteiger partial charge in [-0.1, -0.05) is 49.7 Å². The van der Waals surface area contributed by atoms with Gasteiger partial charge < -0.3 is 14.5 Å². The van der Waals surface area contributed by atoms with Crippen molar-refractivity contribution in [3.05, 3.63) is 93.0 Å². The number of aryl methyl sites for hydroxylation is 1. The van der Waals surface area contributed by atoms with Crippen LogP contribution in [0.5, 0.6) is 0 Å². The van der Waals surface area contributed by atoms with Gasteiger partial charge in [0, 0.05) is 40.3 Å². The van der Waals surface area contributed by atoms with Crippen molar-refractivity contribution in [1.82, 2.24) is 5.32 Å². The number of carbonyl (C=O) groups is 3. The molecule has 2 heterocycles. The molecule has 0 saturated heterocycles. The van der Waals surface area contributed by atoms with E-state index in [-0.39, 0.29) is 29.9 Å². The summed E-state index contributed by atoms with van der Waals surface area (Å²) in [4.78, 5) is 39.9. The Morgan fingerprint density at radius 2 is 1.82 bits per heavy atom. The third-order valence-corrected chi connectivity index (χ3v) is 7.95. The summed E-state index contributed by atoms with van der Waals surface area (Å²) in [5.74, 6) is -0.701. The standard InChI is InChI=1S/C33H35NO5/c1-6-19(4)24-16-22(15-23-17-27(39-32(23)24)31(36)21-13-11-18(3)12-14-21)29-28(33(37)38-7-2)20(5)34-25-9-8-10-26(35)30(25)29/h11-17,19,29,34H,6-10H2,1-5H3. The fourth-order valence-electron chi connectivity index (χ4n) is 5.71. The number of furan rings is 1. The molecule has 6 nitrogen and oxygen atoms in total. The fourth-order valence-corrected chi connectivity index (χ4v) is 5.71. The number of allylic oxidation sites excluding steroid dienone is 3. The number of fused-ring (bicyclic) bond motifs is 1. The van der Waals surface area contributed by atoms with Gasteiger partial charge in [-0.2, -0.15) is 0 Å². The van der Waals surface area contributed by atoms with Crippen LogP contribution < -0.4 is 5.32 Å². The zero-order chi connectivity index (χ0) is 27.8. The highest BCUT2D eigenvalue weighted by molar-refractivity contribution is 6.09. The highest BCUT2D eigenvalue weighted by Crippen LogP contribution is 2.45. The number of hydrogen-bond donors (Lipinski definition) is 1. The molecule has 1 aliphatic heterocycles. The molecule has 5 rings (SSSR count). The molecule has 0 spiro atoms. The van der Waals surface area contributed by atoms with Crippen LogP contribution in [0.4, 0.5) is 0 Å². The van der Waals surface area contributed by atoms with Crippen molar-refractivity contribution in [2.24, 2.45) is 0 Å². The van der Waals surface area contributed by atoms with Gasteiger partial charge in [-0.05, 0) is 69.2 Å². The van der Waals surface area contributed by atoms with Crippen molar-refractivity contribution < 1.29 is 23.5 Å². The van der Waals surface area contributed by atoms with Gasteiger partial charge in [0.2, 0.25) is 5.78 Å². The molecule has 0 bridgehead atoms. The maximum Gasteiger partial charge on any atom is 0.336 e. The lowest BCUT2D eigenvalue weighted by atomic mass is 9.74. The van der Waals surface area contributed by atoms with E-state index in [0.717, 1.165) is 47.0 Å². The van der Waals surface area contributed by atoms with Crippen molar-refractivity contribution in [3.63, 3.8) is 0 Å². The van der Waals surface area contributed by atoms with Crippen molar-refractivity contribution in [2.75, 3.05) is 6.61 Å². The Balaban J connectivity index is 1.71. The van der Waals surface area contributed by atoms with E-state index in [4.69, 9.17) is 9.15 Å². The number of dihydropyridines is 1. The molecular formula is C33H35NO5. The van der Waals surface area contributed by atoms with Gasteiger partial charge in [-0.25, -0.2) is 4.79 Å². The Morgan fingerprint density at radius 1 is 1.08 bits per heavy atom. The predicted molar refractivity (Wildman–Crippen MR) is 151 cm³/mol. The van der Waals surface area contributed by atoms with E-state index < -0.39 is 11.9 Å². The Kier molecular flexibility index (Phi) is 7.30. The largest absolute Gasteiger partial charge is 0.463 e. The van der Waals surface area contributed by atoms with Crippen molar-refractivity contribution in [1.29, 1.82) is 0 Å². The van der Waals surface area contributed by atoms with Gasteiger partial charge in [0.25, 0.3) is 0 Å². The van der Waals surface area contributed by atoms with Crippen LogP contribution >= 0.6 is 0 Å². The first-order valence-corrected chi connectivity index (χ1v) is 13.8. The number of Topliss-reactive ketones (excluding diaryl/α,β-unsaturated/α-hetero) is 1. The number of nitrogens with one attached hydrogen (secondary N) is 1. The van der Waals surface area contributed by atoms with E-state index >= 15 is 0 Å². The van der Waals surface area contributed by atoms with Crippen LogP contribution in [-0.2, 0) is 14.3 Å². The van der Waals surface area contributed by atoms with E-state index in [9.17, 15) is 14.4 Å². The van der Waals surface area contributed by atoms with E-state index in [2.05, 4.69) is 25.2 Å². The number of benzene rings is 2. The number of esters is 1. The van der Waals surface area contributed by atoms with Crippen LogP contribution in [0.2, 0.25) is 0 Å². The van der Waals surface area contributed by atoms with Crippen LogP contribution in [0, 0.1) is 6.92 Å². The zero-order valence-electron chi connectivity index (χ0n) is 23.3. The molecule has 1 aliphatic carbocycles. The molecule has 2 aromatic carbocycles. The summed E-state index contributed by atoms with van der Waals surface area (Å²) in [5, 5.41) is 4.12. The Bertz CT molecular complexity index is 1540. The number of ether oxygens (including phenoxy) is 1. The lowest BCUT2D eigenvalue weighted by Crippen LogP contribution is -2.34. The minimum absolute atomic E-state index is 0.0515. The minimum atomic E-state index is -0.550. The molecule has 2 unspecified atom stereocenters. The van der Waals surface area contributed by atoms with Crippen LogP contribution in [-0.4, -0.2) is 24.1 Å². The maximum absolute atomic E-state index is 13.3. The smallest absolute Gasteiger partial charge is 0.336 e. The molecule has 6 heteroatoms. The second kappa shape index (κ2) is 10.7. The maximum atomic E-state index is 13.3.